The Bertz CT molecular complexity index is 1040. The fraction of sp³-hybridized carbons (Fsp3) is 0.381. The summed E-state index contributed by atoms with van der Waals surface area (Å²) in [5.74, 6) is 0. The molecule has 1 N–H and O–H groups in total. The van der Waals surface area contributed by atoms with Gasteiger partial charge in [-0.3, -0.25) is 9.13 Å². The number of hydrogen-bond donors (Lipinski definition) is 1. The lowest BCUT2D eigenvalue weighted by Gasteiger charge is -2.19. The second-order valence-electron chi connectivity index (χ2n) is 7.56. The van der Waals surface area contributed by atoms with E-state index < -0.39 is 0 Å². The number of urea groups is 1. The van der Waals surface area contributed by atoms with E-state index in [1.807, 2.05) is 56.3 Å². The number of nitrogens with zero attached hydrogens (tertiary/aromatic N) is 4. The third-order valence-corrected chi connectivity index (χ3v) is 5.13. The number of likely N-dealkylation sites (tertiary alicyclic amines) is 1. The van der Waals surface area contributed by atoms with E-state index in [-0.39, 0.29) is 23.8 Å². The number of imidazole rings is 1. The third kappa shape index (κ3) is 3.40. The molecule has 0 aliphatic carbocycles. The van der Waals surface area contributed by atoms with Gasteiger partial charge >= 0.3 is 11.7 Å². The normalized spacial score (nSPS) is 16.8. The third-order valence-electron chi connectivity index (χ3n) is 5.13. The monoisotopic (exact) mass is 379 g/mol. The van der Waals surface area contributed by atoms with Crippen molar-refractivity contribution in [2.45, 2.75) is 38.9 Å². The van der Waals surface area contributed by atoms with Crippen LogP contribution < -0.4 is 11.0 Å². The van der Waals surface area contributed by atoms with Crippen molar-refractivity contribution < 1.29 is 4.79 Å². The van der Waals surface area contributed by atoms with Gasteiger partial charge in [0.05, 0.1) is 18.1 Å². The van der Waals surface area contributed by atoms with Crippen LogP contribution in [0, 0.1) is 0 Å². The van der Waals surface area contributed by atoms with Crippen molar-refractivity contribution in [3.63, 3.8) is 0 Å². The lowest BCUT2D eigenvalue weighted by atomic mass is 10.2. The maximum absolute atomic E-state index is 13.3. The maximum atomic E-state index is 13.3. The van der Waals surface area contributed by atoms with Crippen LogP contribution in [-0.4, -0.2) is 44.2 Å². The summed E-state index contributed by atoms with van der Waals surface area (Å²) in [6.07, 6.45) is 2.45. The molecule has 7 heteroatoms. The number of benzene rings is 1. The minimum atomic E-state index is -0.0773. The van der Waals surface area contributed by atoms with Crippen LogP contribution in [0.4, 0.5) is 4.79 Å². The average molecular weight is 379 g/mol. The van der Waals surface area contributed by atoms with Gasteiger partial charge < -0.3 is 10.2 Å². The second-order valence-corrected chi connectivity index (χ2v) is 7.56. The molecule has 2 amide bonds. The van der Waals surface area contributed by atoms with Gasteiger partial charge in [0.25, 0.3) is 0 Å². The van der Waals surface area contributed by atoms with Crippen LogP contribution >= 0.6 is 0 Å². The second kappa shape index (κ2) is 7.50. The molecule has 2 aromatic heterocycles. The molecule has 3 heterocycles. The van der Waals surface area contributed by atoms with Crippen LogP contribution in [0.1, 0.15) is 31.9 Å². The summed E-state index contributed by atoms with van der Waals surface area (Å²) < 4.78 is 3.54. The average Bonchev–Trinajstić information content (AvgIpc) is 3.26. The van der Waals surface area contributed by atoms with Crippen molar-refractivity contribution in [2.24, 2.45) is 0 Å². The summed E-state index contributed by atoms with van der Waals surface area (Å²) in [7, 11) is 0. The molecule has 1 saturated heterocycles. The van der Waals surface area contributed by atoms with Crippen molar-refractivity contribution in [3.8, 4) is 0 Å². The van der Waals surface area contributed by atoms with Gasteiger partial charge in [-0.15, -0.1) is 0 Å². The first-order valence-corrected chi connectivity index (χ1v) is 9.69. The Morgan fingerprint density at radius 1 is 1.21 bits per heavy atom. The van der Waals surface area contributed by atoms with Crippen LogP contribution in [0.15, 0.2) is 53.5 Å². The SMILES string of the molecule is CC(C)NC(=O)N1CC[C@@H](n2c(=O)n(Cc3ccccc3)c3cccnc32)C1. The number of carbonyl (C=O) groups is 1. The molecule has 146 valence electrons. The summed E-state index contributed by atoms with van der Waals surface area (Å²) in [5.41, 5.74) is 2.49. The van der Waals surface area contributed by atoms with Gasteiger partial charge in [0.15, 0.2) is 5.65 Å². The van der Waals surface area contributed by atoms with Gasteiger partial charge in [-0.1, -0.05) is 30.3 Å². The molecule has 7 nitrogen and oxygen atoms in total. The minimum Gasteiger partial charge on any atom is -0.336 e. The molecule has 0 radical (unpaired) electrons. The van der Waals surface area contributed by atoms with Gasteiger partial charge in [-0.25, -0.2) is 14.6 Å². The number of amides is 2. The topological polar surface area (TPSA) is 72.2 Å². The summed E-state index contributed by atoms with van der Waals surface area (Å²) in [6, 6.07) is 13.7. The molecule has 28 heavy (non-hydrogen) atoms. The van der Waals surface area contributed by atoms with Crippen LogP contribution in [0.2, 0.25) is 0 Å². The van der Waals surface area contributed by atoms with Crippen LogP contribution in [0.25, 0.3) is 11.2 Å². The summed E-state index contributed by atoms with van der Waals surface area (Å²) >= 11 is 0. The fourth-order valence-electron chi connectivity index (χ4n) is 3.83. The highest BCUT2D eigenvalue weighted by atomic mass is 16.2. The molecule has 0 saturated carbocycles. The van der Waals surface area contributed by atoms with E-state index in [1.54, 1.807) is 20.2 Å². The predicted molar refractivity (Wildman–Crippen MR) is 108 cm³/mol. The first-order chi connectivity index (χ1) is 13.5. The summed E-state index contributed by atoms with van der Waals surface area (Å²) in [4.78, 5) is 31.9. The predicted octanol–water partition coefficient (Wildman–Crippen LogP) is 2.61. The van der Waals surface area contributed by atoms with Gasteiger partial charge in [0.1, 0.15) is 0 Å². The Morgan fingerprint density at radius 3 is 2.75 bits per heavy atom. The Kier molecular flexibility index (Phi) is 4.90. The standard InChI is InChI=1S/C21H25N5O2/c1-15(2)23-20(27)24-12-10-17(14-24)26-19-18(9-6-11-22-19)25(21(26)28)13-16-7-4-3-5-8-16/h3-9,11,15,17H,10,12-14H2,1-2H3,(H,23,27)/t17-/m1/s1. The zero-order valence-electron chi connectivity index (χ0n) is 16.2. The number of rotatable bonds is 4. The largest absolute Gasteiger partial charge is 0.336 e. The van der Waals surface area contributed by atoms with Crippen LogP contribution in [0.5, 0.6) is 0 Å². The first-order valence-electron chi connectivity index (χ1n) is 9.69. The van der Waals surface area contributed by atoms with Crippen molar-refractivity contribution in [3.05, 3.63) is 64.7 Å². The van der Waals surface area contributed by atoms with Gasteiger partial charge in [0, 0.05) is 25.3 Å². The smallest absolute Gasteiger partial charge is 0.330 e. The molecule has 0 spiro atoms. The highest BCUT2D eigenvalue weighted by Gasteiger charge is 2.31. The molecular weight excluding hydrogens is 354 g/mol. The lowest BCUT2D eigenvalue weighted by Crippen LogP contribution is -2.42. The number of hydrogen-bond acceptors (Lipinski definition) is 3. The Morgan fingerprint density at radius 2 is 2.00 bits per heavy atom. The molecule has 4 rings (SSSR count). The molecule has 1 atom stereocenters. The molecular formula is C21H25N5O2. The van der Waals surface area contributed by atoms with Gasteiger partial charge in [-0.05, 0) is 38.0 Å². The molecule has 1 aliphatic rings. The van der Waals surface area contributed by atoms with E-state index >= 15 is 0 Å². The number of carbonyl (C=O) groups excluding carboxylic acids is 1. The zero-order chi connectivity index (χ0) is 19.7. The summed E-state index contributed by atoms with van der Waals surface area (Å²) in [6.45, 7) is 5.53. The van der Waals surface area contributed by atoms with Crippen LogP contribution in [-0.2, 0) is 6.54 Å². The van der Waals surface area contributed by atoms with Crippen molar-refractivity contribution >= 4 is 17.2 Å². The molecule has 1 aromatic carbocycles. The molecule has 1 aliphatic heterocycles. The highest BCUT2D eigenvalue weighted by Crippen LogP contribution is 2.24. The molecule has 0 unspecified atom stereocenters. The van der Waals surface area contributed by atoms with Crippen LogP contribution in [0.3, 0.4) is 0 Å². The maximum Gasteiger partial charge on any atom is 0.330 e. The van der Waals surface area contributed by atoms with Crippen molar-refractivity contribution in [1.29, 1.82) is 0 Å². The van der Waals surface area contributed by atoms with Gasteiger partial charge in [-0.2, -0.15) is 0 Å². The zero-order valence-corrected chi connectivity index (χ0v) is 16.2. The number of aromatic nitrogens is 3. The Hall–Kier alpha value is -3.09. The molecule has 3 aromatic rings. The first kappa shape index (κ1) is 18.3. The lowest BCUT2D eigenvalue weighted by molar-refractivity contribution is 0.204. The van der Waals surface area contributed by atoms with Crippen molar-refractivity contribution in [2.75, 3.05) is 13.1 Å². The Labute approximate surface area is 163 Å². The van der Waals surface area contributed by atoms with E-state index in [1.165, 1.54) is 0 Å². The van der Waals surface area contributed by atoms with E-state index in [4.69, 9.17) is 0 Å². The van der Waals surface area contributed by atoms with Crippen molar-refractivity contribution in [1.82, 2.24) is 24.3 Å². The highest BCUT2D eigenvalue weighted by molar-refractivity contribution is 5.75. The van der Waals surface area contributed by atoms with E-state index in [0.29, 0.717) is 25.3 Å². The number of pyridine rings is 1. The van der Waals surface area contributed by atoms with E-state index in [9.17, 15) is 9.59 Å². The minimum absolute atomic E-state index is 0.0696. The summed E-state index contributed by atoms with van der Waals surface area (Å²) in [5, 5.41) is 2.93. The quantitative estimate of drug-likeness (QED) is 0.757. The molecule has 1 fully saturated rings. The van der Waals surface area contributed by atoms with E-state index in [0.717, 1.165) is 17.5 Å². The number of fused-ring (bicyclic) bond motifs is 1. The van der Waals surface area contributed by atoms with Gasteiger partial charge in [0.2, 0.25) is 0 Å². The molecule has 0 bridgehead atoms. The Balaban J connectivity index is 1.68. The van der Waals surface area contributed by atoms with E-state index in [2.05, 4.69) is 10.3 Å². The fourth-order valence-corrected chi connectivity index (χ4v) is 3.83. The number of nitrogens with one attached hydrogen (secondary N) is 1.